The lowest BCUT2D eigenvalue weighted by Gasteiger charge is -2.32. The number of phenols is 4. The van der Waals surface area contributed by atoms with E-state index in [0.29, 0.717) is 26.4 Å². The molecule has 4 N–H and O–H groups in total. The van der Waals surface area contributed by atoms with Crippen LogP contribution in [0.25, 0.3) is 0 Å². The van der Waals surface area contributed by atoms with Crippen molar-refractivity contribution in [1.29, 1.82) is 0 Å². The number of hydrogen-bond donors (Lipinski definition) is 4. The Labute approximate surface area is 521 Å². The molecule has 5 fully saturated rings. The summed E-state index contributed by atoms with van der Waals surface area (Å²) in [4.78, 5) is 24.4. The van der Waals surface area contributed by atoms with Crippen LogP contribution in [0.2, 0.25) is 0 Å². The van der Waals surface area contributed by atoms with E-state index in [9.17, 15) is 20.4 Å². The number of alkyl halides is 1. The van der Waals surface area contributed by atoms with Gasteiger partial charge in [0.05, 0.1) is 0 Å². The molecule has 0 unspecified atom stereocenters. The van der Waals surface area contributed by atoms with Crippen LogP contribution >= 0.6 is 11.6 Å². The number of halogens is 1. The Bertz CT molecular complexity index is 2360. The number of aryl methyl sites for hydroxylation is 4. The van der Waals surface area contributed by atoms with Crippen molar-refractivity contribution in [3.63, 3.8) is 0 Å². The van der Waals surface area contributed by atoms with Gasteiger partial charge in [-0.2, -0.15) is 0 Å². The highest BCUT2D eigenvalue weighted by molar-refractivity contribution is 6.18. The molecule has 5 heterocycles. The Balaban J connectivity index is 0.000000286. The van der Waals surface area contributed by atoms with Crippen LogP contribution in [0.15, 0.2) is 72.8 Å². The van der Waals surface area contributed by atoms with Crippen molar-refractivity contribution >= 4 is 11.6 Å². The molecule has 0 aliphatic carbocycles. The van der Waals surface area contributed by atoms with E-state index < -0.39 is 0 Å². The SMILES string of the molecule is CN1CCN(CCCl)CC1.CN1CCN(CCOc2ccc(CCCCc3ccc(OCCN4CCN(C)CC4)c(OCCN4CCN(C)CC4)c3)cc2OCCN2CCN(C)CC2)CC1.Oc1ccc(CCCCc2ccc(O)c(O)c2)cc1O. The molecule has 5 saturated heterocycles. The smallest absolute Gasteiger partial charge is 0.161 e. The zero-order valence-electron chi connectivity index (χ0n) is 53.1. The van der Waals surface area contributed by atoms with Crippen LogP contribution in [-0.2, 0) is 25.7 Å². The van der Waals surface area contributed by atoms with Gasteiger partial charge in [0, 0.05) is 169 Å². The maximum absolute atomic E-state index is 9.39. The number of hydrogen-bond acceptors (Lipinski definition) is 18. The Morgan fingerprint density at radius 1 is 0.302 bits per heavy atom. The normalized spacial score (nSPS) is 18.7. The molecule has 18 nitrogen and oxygen atoms in total. The van der Waals surface area contributed by atoms with Gasteiger partial charge < -0.3 is 63.9 Å². The maximum atomic E-state index is 9.39. The molecule has 480 valence electrons. The minimum Gasteiger partial charge on any atom is -0.504 e. The van der Waals surface area contributed by atoms with E-state index in [1.165, 1.54) is 49.4 Å². The highest BCUT2D eigenvalue weighted by atomic mass is 35.5. The van der Waals surface area contributed by atoms with Gasteiger partial charge in [-0.15, -0.1) is 11.6 Å². The van der Waals surface area contributed by atoms with E-state index in [2.05, 4.69) is 121 Å². The van der Waals surface area contributed by atoms with Gasteiger partial charge in [-0.25, -0.2) is 0 Å². The number of ether oxygens (including phenoxy) is 4. The predicted molar refractivity (Wildman–Crippen MR) is 348 cm³/mol. The van der Waals surface area contributed by atoms with Crippen LogP contribution in [0.1, 0.15) is 47.9 Å². The fourth-order valence-corrected chi connectivity index (χ4v) is 11.5. The molecule has 0 spiro atoms. The molecular weight excluding hydrogens is 1110 g/mol. The molecule has 4 aromatic rings. The lowest BCUT2D eigenvalue weighted by molar-refractivity contribution is 0.126. The average Bonchev–Trinajstić information content (AvgIpc) is 3.72. The van der Waals surface area contributed by atoms with Crippen LogP contribution in [0.3, 0.4) is 0 Å². The summed E-state index contributed by atoms with van der Waals surface area (Å²) in [5, 5.41) is 37.2. The van der Waals surface area contributed by atoms with E-state index >= 15 is 0 Å². The average molecular weight is 1220 g/mol. The highest BCUT2D eigenvalue weighted by Gasteiger charge is 2.20. The summed E-state index contributed by atoms with van der Waals surface area (Å²) < 4.78 is 25.7. The molecule has 0 bridgehead atoms. The number of nitrogens with zero attached hydrogens (tertiary/aromatic N) is 10. The molecule has 0 amide bonds. The lowest BCUT2D eigenvalue weighted by Crippen LogP contribution is -2.45. The number of benzene rings is 4. The third-order valence-electron chi connectivity index (χ3n) is 17.5. The largest absolute Gasteiger partial charge is 0.504 e. The van der Waals surface area contributed by atoms with E-state index in [-0.39, 0.29) is 23.0 Å². The Hall–Kier alpha value is -4.83. The van der Waals surface area contributed by atoms with Gasteiger partial charge in [0.1, 0.15) is 26.4 Å². The second kappa shape index (κ2) is 37.9. The first-order valence-corrected chi connectivity index (χ1v) is 32.7. The van der Waals surface area contributed by atoms with Gasteiger partial charge in [-0.05, 0) is 157 Å². The van der Waals surface area contributed by atoms with Crippen molar-refractivity contribution in [2.75, 3.05) is 231 Å². The minimum atomic E-state index is -0.103. The van der Waals surface area contributed by atoms with Gasteiger partial charge >= 0.3 is 0 Å². The molecule has 0 saturated carbocycles. The summed E-state index contributed by atoms with van der Waals surface area (Å²) in [6.45, 7) is 30.1. The summed E-state index contributed by atoms with van der Waals surface area (Å²) in [5.74, 6) is 3.88. The second-order valence-corrected chi connectivity index (χ2v) is 24.8. The highest BCUT2D eigenvalue weighted by Crippen LogP contribution is 2.32. The van der Waals surface area contributed by atoms with Gasteiger partial charge in [0.25, 0.3) is 0 Å². The Morgan fingerprint density at radius 3 is 0.814 bits per heavy atom. The summed E-state index contributed by atoms with van der Waals surface area (Å²) in [5.41, 5.74) is 4.58. The first-order valence-electron chi connectivity index (χ1n) is 32.1. The molecule has 4 aromatic carbocycles. The van der Waals surface area contributed by atoms with Gasteiger partial charge in [0.2, 0.25) is 0 Å². The number of likely N-dealkylation sites (N-methyl/N-ethyl adjacent to an activating group) is 5. The molecule has 86 heavy (non-hydrogen) atoms. The number of aromatic hydroxyl groups is 4. The first-order chi connectivity index (χ1) is 41.7. The molecule has 9 rings (SSSR count). The summed E-state index contributed by atoms with van der Waals surface area (Å²) >= 11 is 5.62. The Morgan fingerprint density at radius 2 is 0.547 bits per heavy atom. The zero-order chi connectivity index (χ0) is 60.9. The van der Waals surface area contributed by atoms with Crippen LogP contribution in [0, 0.1) is 0 Å². The third kappa shape index (κ3) is 25.3. The van der Waals surface area contributed by atoms with Crippen molar-refractivity contribution in [3.8, 4) is 46.0 Å². The van der Waals surface area contributed by atoms with Crippen LogP contribution in [0.4, 0.5) is 0 Å². The quantitative estimate of drug-likeness (QED) is 0.0286. The van der Waals surface area contributed by atoms with Crippen molar-refractivity contribution in [2.24, 2.45) is 0 Å². The number of phenolic OH excluding ortho intramolecular Hbond substituents is 4. The van der Waals surface area contributed by atoms with Gasteiger partial charge in [-0.1, -0.05) is 24.3 Å². The van der Waals surface area contributed by atoms with Crippen molar-refractivity contribution in [2.45, 2.75) is 51.4 Å². The van der Waals surface area contributed by atoms with E-state index in [0.717, 1.165) is 229 Å². The third-order valence-corrected chi connectivity index (χ3v) is 17.7. The van der Waals surface area contributed by atoms with Crippen molar-refractivity contribution < 1.29 is 39.4 Å². The molecule has 5 aliphatic heterocycles. The Kier molecular flexibility index (Phi) is 30.2. The number of piperazine rings is 5. The maximum Gasteiger partial charge on any atom is 0.161 e. The van der Waals surface area contributed by atoms with Crippen LogP contribution < -0.4 is 18.9 Å². The van der Waals surface area contributed by atoms with Gasteiger partial charge in [-0.3, -0.25) is 24.5 Å². The van der Waals surface area contributed by atoms with Crippen LogP contribution in [0.5, 0.6) is 46.0 Å². The fourth-order valence-electron chi connectivity index (χ4n) is 11.3. The number of rotatable bonds is 28. The standard InChI is InChI=1S/C44H74N8O4.C16H18O4.C7H15ClN2/c1-45-13-21-49(22-14-45)29-33-53-41-11-9-39(37-43(41)55-35-31-51-25-17-47(3)18-26-51)7-5-6-8-40-10-12-42(54-34-30-50-23-15-46(2)16-24-50)44(38-40)56-36-32-52-27-19-48(4)20-28-52;17-13-7-5-11(9-15(13)19)3-1-2-4-12-6-8-14(18)16(20)10-12;1-9-4-6-10(3-2-8)7-5-9/h9-12,37-38H,5-8,13-36H2,1-4H3;5-10,17-20H,1-4H2;2-7H2,1H3. The molecule has 0 atom stereocenters. The van der Waals surface area contributed by atoms with E-state index in [1.54, 1.807) is 24.3 Å². The second-order valence-electron chi connectivity index (χ2n) is 24.4. The molecule has 0 aromatic heterocycles. The topological polar surface area (TPSA) is 150 Å². The minimum absolute atomic E-state index is 0.0917. The monoisotopic (exact) mass is 1210 g/mol. The molecule has 19 heteroatoms. The summed E-state index contributed by atoms with van der Waals surface area (Å²) in [6.07, 6.45) is 7.74. The van der Waals surface area contributed by atoms with Gasteiger partial charge in [0.15, 0.2) is 46.0 Å². The fraction of sp³-hybridized carbons (Fsp3) is 0.642. The predicted octanol–water partition coefficient (Wildman–Crippen LogP) is 6.30. The van der Waals surface area contributed by atoms with Crippen molar-refractivity contribution in [1.82, 2.24) is 49.0 Å². The first kappa shape index (κ1) is 68.7. The zero-order valence-corrected chi connectivity index (χ0v) is 53.8. The number of unbranched alkanes of at least 4 members (excludes halogenated alkanes) is 2. The molecular formula is C67H107ClN10O8. The summed E-state index contributed by atoms with van der Waals surface area (Å²) in [7, 11) is 11.0. The summed E-state index contributed by atoms with van der Waals surface area (Å²) in [6, 6.07) is 22.9. The van der Waals surface area contributed by atoms with Crippen molar-refractivity contribution in [3.05, 3.63) is 95.1 Å². The molecule has 5 aliphatic rings. The van der Waals surface area contributed by atoms with E-state index in [4.69, 9.17) is 30.5 Å². The van der Waals surface area contributed by atoms with Crippen LogP contribution in [-0.4, -0.2) is 301 Å². The lowest BCUT2D eigenvalue weighted by atomic mass is 10.0. The van der Waals surface area contributed by atoms with E-state index in [1.807, 2.05) is 0 Å². The molecule has 0 radical (unpaired) electrons.